The van der Waals surface area contributed by atoms with Crippen LogP contribution in [0.5, 0.6) is 0 Å². The third-order valence-electron chi connectivity index (χ3n) is 4.06. The van der Waals surface area contributed by atoms with Crippen LogP contribution in [0.4, 0.5) is 5.82 Å². The molecule has 0 spiro atoms. The van der Waals surface area contributed by atoms with Crippen molar-refractivity contribution in [1.29, 1.82) is 0 Å². The Morgan fingerprint density at radius 3 is 2.80 bits per heavy atom. The highest BCUT2D eigenvalue weighted by molar-refractivity contribution is 5.35. The van der Waals surface area contributed by atoms with Crippen LogP contribution in [0.1, 0.15) is 38.8 Å². The molecule has 112 valence electrons. The lowest BCUT2D eigenvalue weighted by atomic mass is 9.92. The van der Waals surface area contributed by atoms with E-state index in [1.165, 1.54) is 0 Å². The Balaban J connectivity index is 1.84. The van der Waals surface area contributed by atoms with Crippen LogP contribution in [0.15, 0.2) is 18.2 Å². The summed E-state index contributed by atoms with van der Waals surface area (Å²) in [6.07, 6.45) is 3.12. The van der Waals surface area contributed by atoms with Crippen molar-refractivity contribution < 1.29 is 5.11 Å². The molecule has 0 radical (unpaired) electrons. The lowest BCUT2D eigenvalue weighted by molar-refractivity contribution is 0.0691. The van der Waals surface area contributed by atoms with E-state index in [-0.39, 0.29) is 6.10 Å². The molecule has 0 aliphatic carbocycles. The molecule has 0 bridgehead atoms. The van der Waals surface area contributed by atoms with Crippen LogP contribution in [-0.4, -0.2) is 40.7 Å². The predicted octanol–water partition coefficient (Wildman–Crippen LogP) is 2.50. The molecule has 2 rings (SSSR count). The second kappa shape index (κ2) is 7.60. The van der Waals surface area contributed by atoms with E-state index in [1.807, 2.05) is 13.0 Å². The van der Waals surface area contributed by atoms with E-state index in [0.717, 1.165) is 57.0 Å². The first-order chi connectivity index (χ1) is 9.69. The van der Waals surface area contributed by atoms with Crippen LogP contribution in [0.25, 0.3) is 0 Å². The Labute approximate surface area is 122 Å². The predicted molar refractivity (Wildman–Crippen MR) is 82.7 cm³/mol. The van der Waals surface area contributed by atoms with Crippen molar-refractivity contribution >= 4 is 5.82 Å². The summed E-state index contributed by atoms with van der Waals surface area (Å²) in [4.78, 5) is 7.09. The van der Waals surface area contributed by atoms with E-state index in [9.17, 15) is 5.11 Å². The molecule has 1 atom stereocenters. The lowest BCUT2D eigenvalue weighted by Gasteiger charge is -2.33. The SMILES string of the molecule is CCCNc1cccc(CN2CCC(C(C)O)CC2)n1. The second-order valence-corrected chi connectivity index (χ2v) is 5.80. The summed E-state index contributed by atoms with van der Waals surface area (Å²) >= 11 is 0. The van der Waals surface area contributed by atoms with Crippen molar-refractivity contribution in [2.45, 2.75) is 45.8 Å². The van der Waals surface area contributed by atoms with Gasteiger partial charge in [0.15, 0.2) is 0 Å². The Kier molecular flexibility index (Phi) is 5.80. The molecule has 1 aromatic rings. The molecular formula is C16H27N3O. The van der Waals surface area contributed by atoms with Gasteiger partial charge in [-0.15, -0.1) is 0 Å². The van der Waals surface area contributed by atoms with Crippen LogP contribution in [0.3, 0.4) is 0 Å². The number of hydrogen-bond donors (Lipinski definition) is 2. The summed E-state index contributed by atoms with van der Waals surface area (Å²) in [5, 5.41) is 13.0. The minimum absolute atomic E-state index is 0.170. The fourth-order valence-corrected chi connectivity index (χ4v) is 2.74. The van der Waals surface area contributed by atoms with Gasteiger partial charge in [-0.1, -0.05) is 13.0 Å². The van der Waals surface area contributed by atoms with Crippen molar-refractivity contribution in [2.75, 3.05) is 25.0 Å². The smallest absolute Gasteiger partial charge is 0.126 e. The first-order valence-electron chi connectivity index (χ1n) is 7.79. The quantitative estimate of drug-likeness (QED) is 0.839. The highest BCUT2D eigenvalue weighted by Crippen LogP contribution is 2.21. The molecule has 1 aliphatic heterocycles. The van der Waals surface area contributed by atoms with Gasteiger partial charge in [0.25, 0.3) is 0 Å². The van der Waals surface area contributed by atoms with Gasteiger partial charge in [0.1, 0.15) is 5.82 Å². The fourth-order valence-electron chi connectivity index (χ4n) is 2.74. The molecule has 20 heavy (non-hydrogen) atoms. The molecule has 1 aliphatic rings. The van der Waals surface area contributed by atoms with E-state index >= 15 is 0 Å². The first kappa shape index (κ1) is 15.3. The number of aromatic nitrogens is 1. The summed E-state index contributed by atoms with van der Waals surface area (Å²) in [6.45, 7) is 8.06. The average molecular weight is 277 g/mol. The van der Waals surface area contributed by atoms with Crippen LogP contribution in [-0.2, 0) is 6.54 Å². The normalized spacial score (nSPS) is 18.9. The molecule has 1 fully saturated rings. The minimum Gasteiger partial charge on any atom is -0.393 e. The summed E-state index contributed by atoms with van der Waals surface area (Å²) in [5.74, 6) is 1.44. The van der Waals surface area contributed by atoms with Crippen LogP contribution in [0.2, 0.25) is 0 Å². The average Bonchev–Trinajstić information content (AvgIpc) is 2.46. The molecule has 0 saturated carbocycles. The molecule has 2 heterocycles. The van der Waals surface area contributed by atoms with E-state index < -0.39 is 0 Å². The maximum absolute atomic E-state index is 9.63. The van der Waals surface area contributed by atoms with Crippen LogP contribution >= 0.6 is 0 Å². The summed E-state index contributed by atoms with van der Waals surface area (Å²) in [5.41, 5.74) is 1.13. The van der Waals surface area contributed by atoms with E-state index in [0.29, 0.717) is 5.92 Å². The Hall–Kier alpha value is -1.13. The van der Waals surface area contributed by atoms with Crippen LogP contribution < -0.4 is 5.32 Å². The standard InChI is InChI=1S/C16H27N3O/c1-3-9-17-16-6-4-5-15(18-16)12-19-10-7-14(8-11-19)13(2)20/h4-6,13-14,20H,3,7-12H2,1-2H3,(H,17,18). The number of nitrogens with one attached hydrogen (secondary N) is 1. The van der Waals surface area contributed by atoms with Gasteiger partial charge in [0.05, 0.1) is 11.8 Å². The Morgan fingerprint density at radius 2 is 2.15 bits per heavy atom. The number of rotatable bonds is 6. The maximum Gasteiger partial charge on any atom is 0.126 e. The molecule has 4 nitrogen and oxygen atoms in total. The minimum atomic E-state index is -0.170. The summed E-state index contributed by atoms with van der Waals surface area (Å²) in [6, 6.07) is 6.19. The van der Waals surface area contributed by atoms with Crippen molar-refractivity contribution in [3.8, 4) is 0 Å². The molecule has 1 saturated heterocycles. The molecular weight excluding hydrogens is 250 g/mol. The number of aliphatic hydroxyl groups excluding tert-OH is 1. The number of anilines is 1. The zero-order chi connectivity index (χ0) is 14.4. The van der Waals surface area contributed by atoms with Crippen molar-refractivity contribution in [1.82, 2.24) is 9.88 Å². The van der Waals surface area contributed by atoms with Gasteiger partial charge in [-0.05, 0) is 57.3 Å². The topological polar surface area (TPSA) is 48.4 Å². The van der Waals surface area contributed by atoms with Crippen molar-refractivity contribution in [3.63, 3.8) is 0 Å². The number of piperidine rings is 1. The number of pyridine rings is 1. The molecule has 0 amide bonds. The van der Waals surface area contributed by atoms with Gasteiger partial charge in [-0.3, -0.25) is 4.90 Å². The van der Waals surface area contributed by atoms with E-state index in [4.69, 9.17) is 0 Å². The first-order valence-corrected chi connectivity index (χ1v) is 7.79. The molecule has 0 aromatic carbocycles. The Bertz CT molecular complexity index is 400. The van der Waals surface area contributed by atoms with Gasteiger partial charge in [0, 0.05) is 13.1 Å². The highest BCUT2D eigenvalue weighted by Gasteiger charge is 2.22. The number of aliphatic hydroxyl groups is 1. The number of hydrogen-bond acceptors (Lipinski definition) is 4. The van der Waals surface area contributed by atoms with Gasteiger partial charge in [0.2, 0.25) is 0 Å². The third-order valence-corrected chi connectivity index (χ3v) is 4.06. The zero-order valence-corrected chi connectivity index (χ0v) is 12.7. The largest absolute Gasteiger partial charge is 0.393 e. The summed E-state index contributed by atoms with van der Waals surface area (Å²) in [7, 11) is 0. The molecule has 1 aromatic heterocycles. The Morgan fingerprint density at radius 1 is 1.40 bits per heavy atom. The highest BCUT2D eigenvalue weighted by atomic mass is 16.3. The number of nitrogens with zero attached hydrogens (tertiary/aromatic N) is 2. The molecule has 1 unspecified atom stereocenters. The monoisotopic (exact) mass is 277 g/mol. The lowest BCUT2D eigenvalue weighted by Crippen LogP contribution is -2.36. The molecule has 2 N–H and O–H groups in total. The second-order valence-electron chi connectivity index (χ2n) is 5.80. The van der Waals surface area contributed by atoms with E-state index in [2.05, 4.69) is 34.3 Å². The van der Waals surface area contributed by atoms with Gasteiger partial charge >= 0.3 is 0 Å². The number of likely N-dealkylation sites (tertiary alicyclic amines) is 1. The summed E-state index contributed by atoms with van der Waals surface area (Å²) < 4.78 is 0. The van der Waals surface area contributed by atoms with Gasteiger partial charge < -0.3 is 10.4 Å². The van der Waals surface area contributed by atoms with Crippen LogP contribution in [0, 0.1) is 5.92 Å². The van der Waals surface area contributed by atoms with Gasteiger partial charge in [-0.2, -0.15) is 0 Å². The molecule has 4 heteroatoms. The van der Waals surface area contributed by atoms with Crippen molar-refractivity contribution in [3.05, 3.63) is 23.9 Å². The fraction of sp³-hybridized carbons (Fsp3) is 0.688. The third kappa shape index (κ3) is 4.46. The zero-order valence-electron chi connectivity index (χ0n) is 12.7. The van der Waals surface area contributed by atoms with Crippen molar-refractivity contribution in [2.24, 2.45) is 5.92 Å². The maximum atomic E-state index is 9.63. The van der Waals surface area contributed by atoms with Gasteiger partial charge in [-0.25, -0.2) is 4.98 Å². The van der Waals surface area contributed by atoms with E-state index in [1.54, 1.807) is 0 Å².